The molecule has 0 saturated carbocycles. The molecule has 3 rings (SSSR count). The van der Waals surface area contributed by atoms with Crippen molar-refractivity contribution >= 4 is 11.0 Å². The van der Waals surface area contributed by atoms with Gasteiger partial charge in [-0.2, -0.15) is 0 Å². The SMILES string of the molecule is Fc1ccc(C(F)F)c(-c2cc3cccnc3[nH]2)c1. The number of alkyl halides is 2. The van der Waals surface area contributed by atoms with E-state index in [1.807, 2.05) is 6.07 Å². The lowest BCUT2D eigenvalue weighted by molar-refractivity contribution is 0.152. The molecule has 0 fully saturated rings. The largest absolute Gasteiger partial charge is 0.339 e. The summed E-state index contributed by atoms with van der Waals surface area (Å²) in [6, 6.07) is 8.48. The number of rotatable bonds is 2. The average molecular weight is 262 g/mol. The van der Waals surface area contributed by atoms with Crippen LogP contribution in [0, 0.1) is 5.82 Å². The van der Waals surface area contributed by atoms with E-state index in [1.165, 1.54) is 0 Å². The van der Waals surface area contributed by atoms with Crippen molar-refractivity contribution in [2.24, 2.45) is 0 Å². The number of aromatic amines is 1. The van der Waals surface area contributed by atoms with Gasteiger partial charge < -0.3 is 4.98 Å². The first kappa shape index (κ1) is 11.8. The van der Waals surface area contributed by atoms with Crippen molar-refractivity contribution < 1.29 is 13.2 Å². The summed E-state index contributed by atoms with van der Waals surface area (Å²) >= 11 is 0. The van der Waals surface area contributed by atoms with E-state index >= 15 is 0 Å². The van der Waals surface area contributed by atoms with Gasteiger partial charge in [-0.05, 0) is 36.4 Å². The maximum atomic E-state index is 13.3. The highest BCUT2D eigenvalue weighted by Crippen LogP contribution is 2.32. The summed E-state index contributed by atoms with van der Waals surface area (Å²) in [4.78, 5) is 7.01. The van der Waals surface area contributed by atoms with Crippen LogP contribution in [0.2, 0.25) is 0 Å². The summed E-state index contributed by atoms with van der Waals surface area (Å²) in [5.41, 5.74) is 0.978. The molecule has 2 heterocycles. The minimum absolute atomic E-state index is 0.160. The van der Waals surface area contributed by atoms with Crippen LogP contribution in [0.15, 0.2) is 42.6 Å². The number of aromatic nitrogens is 2. The molecule has 0 spiro atoms. The zero-order valence-electron chi connectivity index (χ0n) is 9.70. The van der Waals surface area contributed by atoms with E-state index < -0.39 is 12.2 Å². The molecule has 0 amide bonds. The van der Waals surface area contributed by atoms with Crippen molar-refractivity contribution in [3.63, 3.8) is 0 Å². The molecule has 0 bridgehead atoms. The number of hydrogen-bond acceptors (Lipinski definition) is 1. The quantitative estimate of drug-likeness (QED) is 0.732. The summed E-state index contributed by atoms with van der Waals surface area (Å²) in [5, 5.41) is 0.793. The monoisotopic (exact) mass is 262 g/mol. The summed E-state index contributed by atoms with van der Waals surface area (Å²) in [6.07, 6.45) is -1.06. The minimum atomic E-state index is -2.66. The van der Waals surface area contributed by atoms with E-state index in [1.54, 1.807) is 18.3 Å². The molecule has 2 aromatic heterocycles. The molecule has 96 valence electrons. The number of nitrogens with zero attached hydrogens (tertiary/aromatic N) is 1. The predicted octanol–water partition coefficient (Wildman–Crippen LogP) is 4.31. The number of hydrogen-bond donors (Lipinski definition) is 1. The summed E-state index contributed by atoms with van der Waals surface area (Å²) in [7, 11) is 0. The summed E-state index contributed by atoms with van der Waals surface area (Å²) in [6.45, 7) is 0. The predicted molar refractivity (Wildman–Crippen MR) is 66.4 cm³/mol. The van der Waals surface area contributed by atoms with Crippen LogP contribution in [0.25, 0.3) is 22.3 Å². The lowest BCUT2D eigenvalue weighted by Crippen LogP contribution is -1.91. The van der Waals surface area contributed by atoms with Crippen molar-refractivity contribution in [3.8, 4) is 11.3 Å². The molecule has 2 nitrogen and oxygen atoms in total. The van der Waals surface area contributed by atoms with Crippen LogP contribution < -0.4 is 0 Å². The van der Waals surface area contributed by atoms with Crippen molar-refractivity contribution in [1.82, 2.24) is 9.97 Å². The van der Waals surface area contributed by atoms with Crippen LogP contribution in [0.5, 0.6) is 0 Å². The first-order valence-electron chi connectivity index (χ1n) is 5.67. The number of halogens is 3. The van der Waals surface area contributed by atoms with Gasteiger partial charge in [-0.15, -0.1) is 0 Å². The van der Waals surface area contributed by atoms with Crippen LogP contribution >= 0.6 is 0 Å². The zero-order chi connectivity index (χ0) is 13.4. The Morgan fingerprint density at radius 2 is 1.95 bits per heavy atom. The standard InChI is InChI=1S/C14H9F3N2/c15-9-3-4-10(13(16)17)11(7-9)12-6-8-2-1-5-18-14(8)19-12/h1-7,13H,(H,18,19). The van der Waals surface area contributed by atoms with Crippen molar-refractivity contribution in [2.45, 2.75) is 6.43 Å². The number of pyridine rings is 1. The molecule has 1 N–H and O–H groups in total. The van der Waals surface area contributed by atoms with Crippen LogP contribution in [0.3, 0.4) is 0 Å². The van der Waals surface area contributed by atoms with Gasteiger partial charge >= 0.3 is 0 Å². The van der Waals surface area contributed by atoms with E-state index in [4.69, 9.17) is 0 Å². The van der Waals surface area contributed by atoms with Gasteiger partial charge in [0, 0.05) is 28.4 Å². The molecule has 3 aromatic rings. The Morgan fingerprint density at radius 3 is 2.68 bits per heavy atom. The fourth-order valence-electron chi connectivity index (χ4n) is 2.05. The summed E-state index contributed by atoms with van der Waals surface area (Å²) < 4.78 is 39.2. The third-order valence-electron chi connectivity index (χ3n) is 2.93. The van der Waals surface area contributed by atoms with Gasteiger partial charge in [0.05, 0.1) is 0 Å². The first-order valence-corrected chi connectivity index (χ1v) is 5.67. The van der Waals surface area contributed by atoms with Gasteiger partial charge in [0.15, 0.2) is 0 Å². The Balaban J connectivity index is 2.22. The van der Waals surface area contributed by atoms with Gasteiger partial charge in [-0.1, -0.05) is 0 Å². The Hall–Kier alpha value is -2.30. The molecule has 19 heavy (non-hydrogen) atoms. The van der Waals surface area contributed by atoms with Gasteiger partial charge in [-0.25, -0.2) is 18.2 Å². The first-order chi connectivity index (χ1) is 9.15. The van der Waals surface area contributed by atoms with Crippen LogP contribution in [0.1, 0.15) is 12.0 Å². The normalized spacial score (nSPS) is 11.4. The number of H-pyrrole nitrogens is 1. The molecule has 0 saturated heterocycles. The van der Waals surface area contributed by atoms with Crippen LogP contribution in [0.4, 0.5) is 13.2 Å². The van der Waals surface area contributed by atoms with Crippen molar-refractivity contribution in [2.75, 3.05) is 0 Å². The number of benzene rings is 1. The second kappa shape index (κ2) is 4.42. The molecule has 5 heteroatoms. The van der Waals surface area contributed by atoms with Crippen molar-refractivity contribution in [3.05, 3.63) is 54.0 Å². The van der Waals surface area contributed by atoms with E-state index in [0.29, 0.717) is 11.3 Å². The molecular weight excluding hydrogens is 253 g/mol. The average Bonchev–Trinajstić information content (AvgIpc) is 2.81. The van der Waals surface area contributed by atoms with E-state index in [2.05, 4.69) is 9.97 Å². The maximum Gasteiger partial charge on any atom is 0.264 e. The molecule has 0 aliphatic carbocycles. The highest BCUT2D eigenvalue weighted by atomic mass is 19.3. The lowest BCUT2D eigenvalue weighted by Gasteiger charge is -2.07. The fraction of sp³-hybridized carbons (Fsp3) is 0.0714. The third-order valence-corrected chi connectivity index (χ3v) is 2.93. The van der Waals surface area contributed by atoms with Crippen molar-refractivity contribution in [1.29, 1.82) is 0 Å². The Labute approximate surface area is 106 Å². The molecule has 0 atom stereocenters. The Kier molecular flexibility index (Phi) is 2.74. The van der Waals surface area contributed by atoms with Gasteiger partial charge in [0.2, 0.25) is 0 Å². The van der Waals surface area contributed by atoms with E-state index in [9.17, 15) is 13.2 Å². The highest BCUT2D eigenvalue weighted by molar-refractivity contribution is 5.83. The zero-order valence-corrected chi connectivity index (χ0v) is 9.70. The molecular formula is C14H9F3N2. The highest BCUT2D eigenvalue weighted by Gasteiger charge is 2.16. The maximum absolute atomic E-state index is 13.3. The molecule has 0 aliphatic heterocycles. The third kappa shape index (κ3) is 2.07. The minimum Gasteiger partial charge on any atom is -0.339 e. The summed E-state index contributed by atoms with van der Waals surface area (Å²) in [5.74, 6) is -0.550. The molecule has 0 radical (unpaired) electrons. The Bertz CT molecular complexity index is 701. The van der Waals surface area contributed by atoms with Crippen LogP contribution in [-0.4, -0.2) is 9.97 Å². The lowest BCUT2D eigenvalue weighted by atomic mass is 10.0. The molecule has 1 aromatic carbocycles. The Morgan fingerprint density at radius 1 is 1.11 bits per heavy atom. The van der Waals surface area contributed by atoms with E-state index in [-0.39, 0.29) is 11.1 Å². The smallest absolute Gasteiger partial charge is 0.264 e. The number of nitrogens with one attached hydrogen (secondary N) is 1. The van der Waals surface area contributed by atoms with Gasteiger partial charge in [0.1, 0.15) is 11.5 Å². The fourth-order valence-corrected chi connectivity index (χ4v) is 2.05. The second-order valence-corrected chi connectivity index (χ2v) is 4.16. The van der Waals surface area contributed by atoms with E-state index in [0.717, 1.165) is 23.6 Å². The topological polar surface area (TPSA) is 28.7 Å². The van der Waals surface area contributed by atoms with Gasteiger partial charge in [-0.3, -0.25) is 0 Å². The number of fused-ring (bicyclic) bond motifs is 1. The van der Waals surface area contributed by atoms with Crippen LogP contribution in [-0.2, 0) is 0 Å². The van der Waals surface area contributed by atoms with Gasteiger partial charge in [0.25, 0.3) is 6.43 Å². The molecule has 0 aliphatic rings. The second-order valence-electron chi connectivity index (χ2n) is 4.16. The molecule has 0 unspecified atom stereocenters.